The molecule has 0 bridgehead atoms. The highest BCUT2D eigenvalue weighted by atomic mass is 16.4. The van der Waals surface area contributed by atoms with Gasteiger partial charge < -0.3 is 20.4 Å². The van der Waals surface area contributed by atoms with Crippen LogP contribution in [0.3, 0.4) is 0 Å². The summed E-state index contributed by atoms with van der Waals surface area (Å²) in [5.74, 6) is 0. The molecule has 2 aliphatic heterocycles. The lowest BCUT2D eigenvalue weighted by Crippen LogP contribution is -2.61. The zero-order chi connectivity index (χ0) is 9.59. The predicted octanol–water partition coefficient (Wildman–Crippen LogP) is -2.48. The van der Waals surface area contributed by atoms with Gasteiger partial charge in [-0.1, -0.05) is 0 Å². The van der Waals surface area contributed by atoms with Gasteiger partial charge in [0.05, 0.1) is 18.2 Å². The van der Waals surface area contributed by atoms with E-state index in [0.717, 1.165) is 0 Å². The molecule has 0 unspecified atom stereocenters. The molecule has 5 nitrogen and oxygen atoms in total. The van der Waals surface area contributed by atoms with Crippen LogP contribution < -0.4 is 0 Å². The van der Waals surface area contributed by atoms with Crippen molar-refractivity contribution in [2.75, 3.05) is 13.1 Å². The van der Waals surface area contributed by atoms with Crippen molar-refractivity contribution in [1.82, 2.24) is 4.90 Å². The first-order valence-electron chi connectivity index (χ1n) is 4.57. The Bertz CT molecular complexity index is 201. The van der Waals surface area contributed by atoms with Gasteiger partial charge in [0.1, 0.15) is 12.2 Å². The van der Waals surface area contributed by atoms with Crippen LogP contribution in [0, 0.1) is 0 Å². The minimum atomic E-state index is -1.13. The third-order valence-corrected chi connectivity index (χ3v) is 3.04. The molecule has 5 atom stereocenters. The molecule has 2 saturated heterocycles. The highest BCUT2D eigenvalue weighted by molar-refractivity contribution is 5.01. The average molecular weight is 189 g/mol. The maximum Gasteiger partial charge on any atom is 0.109 e. The fraction of sp³-hybridized carbons (Fsp3) is 1.00. The Balaban J connectivity index is 2.15. The molecule has 0 aromatic heterocycles. The van der Waals surface area contributed by atoms with Crippen LogP contribution in [0.1, 0.15) is 6.42 Å². The second kappa shape index (κ2) is 3.18. The Morgan fingerprint density at radius 2 is 1.62 bits per heavy atom. The molecule has 0 aromatic rings. The van der Waals surface area contributed by atoms with E-state index in [9.17, 15) is 20.4 Å². The number of piperidine rings is 1. The normalized spacial score (nSPS) is 52.2. The van der Waals surface area contributed by atoms with E-state index in [0.29, 0.717) is 19.5 Å². The SMILES string of the molecule is O[C@@H]1[C@H](O)[C@@H](O)CN2CC[C@H](O)[C@H]12. The summed E-state index contributed by atoms with van der Waals surface area (Å²) in [4.78, 5) is 1.83. The molecule has 0 saturated carbocycles. The first kappa shape index (κ1) is 9.36. The molecule has 2 heterocycles. The molecule has 13 heavy (non-hydrogen) atoms. The highest BCUT2D eigenvalue weighted by Crippen LogP contribution is 2.27. The largest absolute Gasteiger partial charge is 0.391 e. The van der Waals surface area contributed by atoms with E-state index in [4.69, 9.17) is 0 Å². The first-order valence-corrected chi connectivity index (χ1v) is 4.57. The second-order valence-electron chi connectivity index (χ2n) is 3.89. The lowest BCUT2D eigenvalue weighted by molar-refractivity contribution is -0.140. The lowest BCUT2D eigenvalue weighted by Gasteiger charge is -2.40. The fourth-order valence-corrected chi connectivity index (χ4v) is 2.30. The summed E-state index contributed by atoms with van der Waals surface area (Å²) in [6, 6.07) is -0.404. The van der Waals surface area contributed by atoms with E-state index in [-0.39, 0.29) is 0 Å². The Morgan fingerprint density at radius 3 is 2.31 bits per heavy atom. The van der Waals surface area contributed by atoms with Crippen LogP contribution in [0.4, 0.5) is 0 Å². The van der Waals surface area contributed by atoms with Crippen LogP contribution in [0.5, 0.6) is 0 Å². The van der Waals surface area contributed by atoms with E-state index in [1.54, 1.807) is 0 Å². The van der Waals surface area contributed by atoms with Crippen molar-refractivity contribution in [2.45, 2.75) is 36.9 Å². The minimum absolute atomic E-state index is 0.333. The van der Waals surface area contributed by atoms with Crippen molar-refractivity contribution < 1.29 is 20.4 Å². The summed E-state index contributed by atoms with van der Waals surface area (Å²) in [5, 5.41) is 37.8. The van der Waals surface area contributed by atoms with Gasteiger partial charge in [-0.05, 0) is 6.42 Å². The molecule has 76 valence electrons. The lowest BCUT2D eigenvalue weighted by atomic mass is 9.93. The molecule has 0 spiro atoms. The number of aliphatic hydroxyl groups is 4. The molecular weight excluding hydrogens is 174 g/mol. The van der Waals surface area contributed by atoms with Crippen molar-refractivity contribution in [3.63, 3.8) is 0 Å². The Kier molecular flexibility index (Phi) is 2.29. The number of rotatable bonds is 0. The maximum absolute atomic E-state index is 9.58. The summed E-state index contributed by atoms with van der Waals surface area (Å²) >= 11 is 0. The van der Waals surface area contributed by atoms with E-state index in [1.165, 1.54) is 0 Å². The third-order valence-electron chi connectivity index (χ3n) is 3.04. The molecule has 0 aliphatic carbocycles. The standard InChI is InChI=1S/C8H15NO4/c10-4-1-2-9-3-5(11)7(12)8(13)6(4)9/h4-8,10-13H,1-3H2/t4-,5-,6+,7+,8-/m0/s1. The topological polar surface area (TPSA) is 84.2 Å². The van der Waals surface area contributed by atoms with Crippen LogP contribution in [0.15, 0.2) is 0 Å². The van der Waals surface area contributed by atoms with Gasteiger partial charge in [-0.3, -0.25) is 4.90 Å². The minimum Gasteiger partial charge on any atom is -0.391 e. The maximum atomic E-state index is 9.58. The van der Waals surface area contributed by atoms with Crippen LogP contribution in [-0.2, 0) is 0 Å². The summed E-state index contributed by atoms with van der Waals surface area (Å²) in [6.45, 7) is 1.01. The fourth-order valence-electron chi connectivity index (χ4n) is 2.30. The Hall–Kier alpha value is -0.200. The van der Waals surface area contributed by atoms with E-state index >= 15 is 0 Å². The van der Waals surface area contributed by atoms with Crippen molar-refractivity contribution in [3.8, 4) is 0 Å². The van der Waals surface area contributed by atoms with Gasteiger partial charge in [0.25, 0.3) is 0 Å². The molecule has 2 aliphatic rings. The van der Waals surface area contributed by atoms with Crippen molar-refractivity contribution in [3.05, 3.63) is 0 Å². The van der Waals surface area contributed by atoms with Crippen molar-refractivity contribution in [2.24, 2.45) is 0 Å². The van der Waals surface area contributed by atoms with Gasteiger partial charge in [-0.15, -0.1) is 0 Å². The van der Waals surface area contributed by atoms with Crippen LogP contribution in [-0.4, -0.2) is 68.9 Å². The molecule has 2 fully saturated rings. The summed E-state index contributed by atoms with van der Waals surface area (Å²) in [6.07, 6.45) is -3.06. The highest BCUT2D eigenvalue weighted by Gasteiger charge is 2.47. The van der Waals surface area contributed by atoms with Gasteiger partial charge in [-0.2, -0.15) is 0 Å². The third kappa shape index (κ3) is 1.37. The number of fused-ring (bicyclic) bond motifs is 1. The van der Waals surface area contributed by atoms with E-state index in [2.05, 4.69) is 0 Å². The first-order chi connectivity index (χ1) is 6.11. The average Bonchev–Trinajstić information content (AvgIpc) is 2.43. The van der Waals surface area contributed by atoms with Crippen LogP contribution in [0.25, 0.3) is 0 Å². The van der Waals surface area contributed by atoms with E-state index < -0.39 is 30.5 Å². The molecule has 5 heteroatoms. The molecule has 0 amide bonds. The van der Waals surface area contributed by atoms with Crippen molar-refractivity contribution >= 4 is 0 Å². The summed E-state index contributed by atoms with van der Waals surface area (Å²) < 4.78 is 0. The summed E-state index contributed by atoms with van der Waals surface area (Å²) in [7, 11) is 0. The van der Waals surface area contributed by atoms with Gasteiger partial charge in [-0.25, -0.2) is 0 Å². The second-order valence-corrected chi connectivity index (χ2v) is 3.89. The Morgan fingerprint density at radius 1 is 0.923 bits per heavy atom. The van der Waals surface area contributed by atoms with Crippen molar-refractivity contribution in [1.29, 1.82) is 0 Å². The van der Waals surface area contributed by atoms with E-state index in [1.807, 2.05) is 4.90 Å². The monoisotopic (exact) mass is 189 g/mol. The predicted molar refractivity (Wildman–Crippen MR) is 44.0 cm³/mol. The van der Waals surface area contributed by atoms with Gasteiger partial charge in [0.15, 0.2) is 0 Å². The van der Waals surface area contributed by atoms with Gasteiger partial charge in [0, 0.05) is 13.1 Å². The number of hydrogen-bond donors (Lipinski definition) is 4. The summed E-state index contributed by atoms with van der Waals surface area (Å²) in [5.41, 5.74) is 0. The zero-order valence-corrected chi connectivity index (χ0v) is 7.24. The van der Waals surface area contributed by atoms with Gasteiger partial charge in [0.2, 0.25) is 0 Å². The number of hydrogen-bond acceptors (Lipinski definition) is 5. The molecule has 4 N–H and O–H groups in total. The van der Waals surface area contributed by atoms with Gasteiger partial charge >= 0.3 is 0 Å². The Labute approximate surface area is 76.2 Å². The quantitative estimate of drug-likeness (QED) is 0.339. The van der Waals surface area contributed by atoms with Crippen LogP contribution in [0.2, 0.25) is 0 Å². The molecule has 0 radical (unpaired) electrons. The molecule has 0 aromatic carbocycles. The molecular formula is C8H15NO4. The van der Waals surface area contributed by atoms with Crippen LogP contribution >= 0.6 is 0 Å². The molecule has 2 rings (SSSR count). The smallest absolute Gasteiger partial charge is 0.109 e. The number of nitrogens with zero attached hydrogens (tertiary/aromatic N) is 1. The zero-order valence-electron chi connectivity index (χ0n) is 7.24. The number of aliphatic hydroxyl groups excluding tert-OH is 4.